The van der Waals surface area contributed by atoms with Gasteiger partial charge in [0.2, 0.25) is 23.5 Å². The number of H-pyrrole nitrogens is 1. The molecule has 6 N–H and O–H groups in total. The van der Waals surface area contributed by atoms with Crippen LogP contribution in [0.4, 0.5) is 10.8 Å². The number of thiazole rings is 1. The molecule has 0 bridgehead atoms. The van der Waals surface area contributed by atoms with Crippen molar-refractivity contribution in [2.45, 2.75) is 44.2 Å². The van der Waals surface area contributed by atoms with E-state index in [4.69, 9.17) is 22.2 Å². The molecule has 3 atom stereocenters. The summed E-state index contributed by atoms with van der Waals surface area (Å²) in [6, 6.07) is 6.20. The first-order chi connectivity index (χ1) is 25.4. The quantitative estimate of drug-likeness (QED) is 0.0480. The largest absolute Gasteiger partial charge is 0.504 e. The number of aromatic nitrogens is 6. The molecule has 18 nitrogen and oxygen atoms in total. The van der Waals surface area contributed by atoms with Crippen LogP contribution in [0.2, 0.25) is 5.02 Å². The van der Waals surface area contributed by atoms with Gasteiger partial charge in [-0.3, -0.25) is 19.3 Å². The van der Waals surface area contributed by atoms with E-state index in [9.17, 15) is 34.5 Å². The Morgan fingerprint density at radius 3 is 2.79 bits per heavy atom. The van der Waals surface area contributed by atoms with Gasteiger partial charge in [-0.2, -0.15) is 9.78 Å². The number of halogens is 1. The third kappa shape index (κ3) is 6.64. The smallest absolute Gasteiger partial charge is 0.347 e. The maximum atomic E-state index is 13.9. The lowest BCUT2D eigenvalue weighted by atomic mass is 9.89. The molecule has 0 radical (unpaired) electrons. The fraction of sp³-hybridized carbons (Fsp3) is 0.312. The minimum atomic E-state index is -1.34. The average molecular weight is 782 g/mol. The molecule has 3 aromatic heterocycles. The normalized spacial score (nSPS) is 19.0. The molecule has 3 aliphatic heterocycles. The number of nitrogens with two attached hydrogens (primary N) is 1. The molecule has 2 amide bonds. The number of rotatable bonds is 11. The highest BCUT2D eigenvalue weighted by Gasteiger charge is 2.54. The molecule has 7 rings (SSSR count). The van der Waals surface area contributed by atoms with Gasteiger partial charge in [-0.25, -0.2) is 9.78 Å². The number of β-lactam (4-membered cyclic amide) rings is 1. The Kier molecular flexibility index (Phi) is 9.75. The monoisotopic (exact) mass is 781 g/mol. The fourth-order valence-electron chi connectivity index (χ4n) is 6.37. The second-order valence-electron chi connectivity index (χ2n) is 12.3. The molecule has 1 saturated heterocycles. The number of aromatic hydroxyl groups is 2. The number of carbonyl (C=O) groups is 4. The van der Waals surface area contributed by atoms with E-state index < -0.39 is 46.6 Å². The topological polar surface area (TPSA) is 254 Å². The first kappa shape index (κ1) is 35.8. The van der Waals surface area contributed by atoms with Gasteiger partial charge in [-0.15, -0.1) is 33.3 Å². The molecule has 21 heteroatoms. The molecule has 1 fully saturated rings. The molecule has 0 unspecified atom stereocenters. The number of anilines is 2. The third-order valence-corrected chi connectivity index (χ3v) is 11.4. The number of tetrazole rings is 1. The Labute approximate surface area is 312 Å². The predicted octanol–water partition coefficient (Wildman–Crippen LogP) is 1.98. The maximum Gasteiger partial charge on any atom is 0.347 e. The number of carboxylic acid groups (broad SMARTS) is 1. The van der Waals surface area contributed by atoms with E-state index in [0.29, 0.717) is 43.1 Å². The molecular formula is C32H30ClN10O8S2+. The van der Waals surface area contributed by atoms with E-state index in [1.807, 2.05) is 16.8 Å². The van der Waals surface area contributed by atoms with Crippen molar-refractivity contribution in [2.24, 2.45) is 11.1 Å². The van der Waals surface area contributed by atoms with Crippen LogP contribution in [-0.4, -0.2) is 98.9 Å². The van der Waals surface area contributed by atoms with Gasteiger partial charge in [0.15, 0.2) is 40.9 Å². The molecule has 4 aromatic rings. The second-order valence-corrected chi connectivity index (χ2v) is 14.6. The number of phenolic OH excluding ortho intramolecular Hbond substituents is 2. The van der Waals surface area contributed by atoms with Crippen molar-refractivity contribution in [3.63, 3.8) is 0 Å². The Morgan fingerprint density at radius 2 is 2.08 bits per heavy atom. The number of oxime groups is 1. The van der Waals surface area contributed by atoms with Crippen LogP contribution in [-0.2, 0) is 32.2 Å². The number of aromatic amines is 1. The van der Waals surface area contributed by atoms with Crippen molar-refractivity contribution >= 4 is 80.5 Å². The molecule has 53 heavy (non-hydrogen) atoms. The number of ketones is 1. The lowest BCUT2D eigenvalue weighted by Crippen LogP contribution is -2.61. The highest BCUT2D eigenvalue weighted by molar-refractivity contribution is 8.00. The van der Waals surface area contributed by atoms with Crippen molar-refractivity contribution in [1.29, 1.82) is 0 Å². The number of thioether (sulfide) groups is 1. The average Bonchev–Trinajstić information content (AvgIpc) is 3.84. The number of nitrogen functional groups attached to an aromatic ring is 1. The Balaban J connectivity index is 1.16. The standard InChI is InChI=1S/C32H29ClN10O8S2/c1-14(31(49)50)51-38-24(18-13-53-32(34)35-18)22(45)10-17-29(48)43-25(27-36-39-40-37-27)15(12-52-30(17)43)11-41-8-2-5-20-19(41)4-3-9-42(20)28(47)16-6-7-21(44)26(46)23(16)33/h2,5-8,13-14,17,30H,3-4,9-12H2,1H3,(H5-,34,35,36,37,38,39,40,44,45,46,47,49,50)/p+1/t14-,17+,30+/m0/s1. The summed E-state index contributed by atoms with van der Waals surface area (Å²) >= 11 is 8.78. The number of Topliss-reactive ketones (excluding diaryl/α,β-unsaturated/α-hetero) is 1. The van der Waals surface area contributed by atoms with E-state index in [1.165, 1.54) is 36.2 Å². The van der Waals surface area contributed by atoms with Crippen LogP contribution in [0.5, 0.6) is 11.5 Å². The summed E-state index contributed by atoms with van der Waals surface area (Å²) in [7, 11) is 0. The number of nitrogens with one attached hydrogen (secondary N) is 1. The van der Waals surface area contributed by atoms with Crippen molar-refractivity contribution in [3.05, 3.63) is 69.2 Å². The van der Waals surface area contributed by atoms with E-state index in [2.05, 4.69) is 30.8 Å². The number of fused-ring (bicyclic) bond motifs is 2. The number of amides is 2. The zero-order valence-electron chi connectivity index (χ0n) is 27.7. The van der Waals surface area contributed by atoms with E-state index in [0.717, 1.165) is 22.6 Å². The lowest BCUT2D eigenvalue weighted by molar-refractivity contribution is -0.695. The van der Waals surface area contributed by atoms with Crippen LogP contribution in [0.1, 0.15) is 47.3 Å². The van der Waals surface area contributed by atoms with Gasteiger partial charge in [0, 0.05) is 42.2 Å². The molecule has 0 saturated carbocycles. The number of carboxylic acids is 1. The third-order valence-electron chi connectivity index (χ3n) is 8.98. The summed E-state index contributed by atoms with van der Waals surface area (Å²) < 4.78 is 1.99. The van der Waals surface area contributed by atoms with Gasteiger partial charge < -0.3 is 30.8 Å². The van der Waals surface area contributed by atoms with Gasteiger partial charge in [0.1, 0.15) is 11.4 Å². The molecule has 3 aliphatic rings. The van der Waals surface area contributed by atoms with Crippen LogP contribution in [0.25, 0.3) is 5.70 Å². The first-order valence-corrected chi connectivity index (χ1v) is 18.4. The zero-order valence-corrected chi connectivity index (χ0v) is 30.1. The zero-order chi connectivity index (χ0) is 37.6. The summed E-state index contributed by atoms with van der Waals surface area (Å²) in [6.45, 7) is 1.97. The predicted molar refractivity (Wildman–Crippen MR) is 190 cm³/mol. The Morgan fingerprint density at radius 1 is 1.26 bits per heavy atom. The number of hydrogen-bond acceptors (Lipinski definition) is 15. The fourth-order valence-corrected chi connectivity index (χ4v) is 8.56. The minimum absolute atomic E-state index is 0.0443. The SMILES string of the molecule is C[C@H](O/N=C(\C(=O)C[C@@H]1C(=O)N2C(c3nn[nH]n3)=C(C[n+]3cccc4c3CCCN4C(=O)c3ccc(O)c(O)c3Cl)CS[C@H]12)c1csc(N)n1)C(=O)O. The van der Waals surface area contributed by atoms with Gasteiger partial charge >= 0.3 is 5.97 Å². The lowest BCUT2D eigenvalue weighted by Gasteiger charge is -2.49. The summed E-state index contributed by atoms with van der Waals surface area (Å²) in [6.07, 6.45) is 1.57. The molecule has 0 spiro atoms. The van der Waals surface area contributed by atoms with E-state index in [-0.39, 0.29) is 45.3 Å². The van der Waals surface area contributed by atoms with E-state index in [1.54, 1.807) is 15.9 Å². The maximum absolute atomic E-state index is 13.9. The number of hydrogen-bond donors (Lipinski definition) is 5. The molecule has 0 aliphatic carbocycles. The summed E-state index contributed by atoms with van der Waals surface area (Å²) in [5.41, 5.74) is 8.44. The number of aliphatic carboxylic acids is 1. The van der Waals surface area contributed by atoms with E-state index >= 15 is 0 Å². The number of carbonyl (C=O) groups excluding carboxylic acids is 3. The van der Waals surface area contributed by atoms with Crippen LogP contribution < -0.4 is 15.2 Å². The van der Waals surface area contributed by atoms with Crippen LogP contribution in [0, 0.1) is 5.92 Å². The van der Waals surface area contributed by atoms with Gasteiger partial charge in [-0.05, 0) is 36.8 Å². The molecule has 1 aromatic carbocycles. The van der Waals surface area contributed by atoms with Gasteiger partial charge in [0.25, 0.3) is 5.91 Å². The molecule has 274 valence electrons. The van der Waals surface area contributed by atoms with Gasteiger partial charge in [-0.1, -0.05) is 16.8 Å². The molecule has 6 heterocycles. The molecular weight excluding hydrogens is 752 g/mol. The van der Waals surface area contributed by atoms with Crippen molar-refractivity contribution in [1.82, 2.24) is 30.5 Å². The number of phenols is 2. The Bertz CT molecular complexity index is 2210. The first-order valence-electron chi connectivity index (χ1n) is 16.1. The number of pyridine rings is 1. The van der Waals surface area contributed by atoms with Crippen molar-refractivity contribution < 1.29 is 43.9 Å². The van der Waals surface area contributed by atoms with Crippen molar-refractivity contribution in [2.75, 3.05) is 22.9 Å². The van der Waals surface area contributed by atoms with Crippen LogP contribution in [0.3, 0.4) is 0 Å². The van der Waals surface area contributed by atoms with Gasteiger partial charge in [0.05, 0.1) is 27.6 Å². The van der Waals surface area contributed by atoms with Crippen LogP contribution in [0.15, 0.2) is 46.6 Å². The van der Waals surface area contributed by atoms with Crippen LogP contribution >= 0.6 is 34.7 Å². The summed E-state index contributed by atoms with van der Waals surface area (Å²) in [5, 5.41) is 48.5. The second kappa shape index (κ2) is 14.4. The summed E-state index contributed by atoms with van der Waals surface area (Å²) in [4.78, 5) is 64.8. The highest BCUT2D eigenvalue weighted by atomic mass is 35.5. The Hall–Kier alpha value is -5.60. The highest BCUT2D eigenvalue weighted by Crippen LogP contribution is 2.48. The number of nitrogens with zero attached hydrogens (tertiary/aromatic N) is 8. The number of benzene rings is 1. The minimum Gasteiger partial charge on any atom is -0.504 e. The summed E-state index contributed by atoms with van der Waals surface area (Å²) in [5.74, 6) is -3.76. The van der Waals surface area contributed by atoms with Crippen molar-refractivity contribution in [3.8, 4) is 11.5 Å².